The number of ether oxygens (including phenoxy) is 1. The monoisotopic (exact) mass is 321 g/mol. The number of nitrogens with one attached hydrogen (secondary N) is 1. The van der Waals surface area contributed by atoms with E-state index in [1.165, 1.54) is 0 Å². The largest absolute Gasteiger partial charge is 0.383 e. The zero-order valence-electron chi connectivity index (χ0n) is 13.0. The second-order valence-corrected chi connectivity index (χ2v) is 5.45. The van der Waals surface area contributed by atoms with Gasteiger partial charge in [-0.25, -0.2) is 0 Å². The number of hydrogen-bond donors (Lipinski definition) is 1. The number of carbonyl (C=O) groups is 1. The summed E-state index contributed by atoms with van der Waals surface area (Å²) in [6.07, 6.45) is 0. The zero-order chi connectivity index (χ0) is 16.1. The van der Waals surface area contributed by atoms with Gasteiger partial charge in [-0.1, -0.05) is 29.8 Å². The Bertz CT molecular complexity index is 667. The van der Waals surface area contributed by atoms with E-state index < -0.39 is 0 Å². The summed E-state index contributed by atoms with van der Waals surface area (Å²) in [7, 11) is 1.60. The summed E-state index contributed by atoms with van der Waals surface area (Å²) < 4.78 is 6.74. The quantitative estimate of drug-likeness (QED) is 0.832. The van der Waals surface area contributed by atoms with Gasteiger partial charge in [0.05, 0.1) is 24.4 Å². The molecular weight excluding hydrogens is 302 g/mol. The van der Waals surface area contributed by atoms with Crippen molar-refractivity contribution in [2.24, 2.45) is 0 Å². The number of hydrogen-bond acceptors (Lipinski definition) is 3. The lowest BCUT2D eigenvalue weighted by Gasteiger charge is -2.08. The van der Waals surface area contributed by atoms with Gasteiger partial charge < -0.3 is 10.1 Å². The second kappa shape index (κ2) is 7.42. The fourth-order valence-electron chi connectivity index (χ4n) is 2.32. The molecule has 1 aromatic heterocycles. The van der Waals surface area contributed by atoms with E-state index in [9.17, 15) is 4.79 Å². The normalized spacial score (nSPS) is 10.7. The Labute approximate surface area is 135 Å². The first-order chi connectivity index (χ1) is 10.5. The number of carbonyl (C=O) groups excluding carboxylic acids is 1. The van der Waals surface area contributed by atoms with Gasteiger partial charge in [0.15, 0.2) is 0 Å². The molecule has 1 amide bonds. The molecule has 5 nitrogen and oxygen atoms in total. The zero-order valence-corrected chi connectivity index (χ0v) is 13.8. The van der Waals surface area contributed by atoms with Crippen LogP contribution in [-0.4, -0.2) is 35.9 Å². The maximum Gasteiger partial charge on any atom is 0.255 e. The van der Waals surface area contributed by atoms with Gasteiger partial charge >= 0.3 is 0 Å². The molecule has 0 saturated carbocycles. The van der Waals surface area contributed by atoms with Crippen LogP contribution in [0, 0.1) is 13.8 Å². The molecule has 2 rings (SSSR count). The first-order valence-corrected chi connectivity index (χ1v) is 7.47. The van der Waals surface area contributed by atoms with E-state index in [1.807, 2.05) is 42.8 Å². The third kappa shape index (κ3) is 3.67. The van der Waals surface area contributed by atoms with Gasteiger partial charge in [0.25, 0.3) is 5.91 Å². The molecule has 6 heteroatoms. The van der Waals surface area contributed by atoms with Gasteiger partial charge in [-0.3, -0.25) is 9.48 Å². The van der Waals surface area contributed by atoms with Gasteiger partial charge in [-0.05, 0) is 25.5 Å². The smallest absolute Gasteiger partial charge is 0.255 e. The van der Waals surface area contributed by atoms with Crippen molar-refractivity contribution in [1.82, 2.24) is 15.1 Å². The van der Waals surface area contributed by atoms with Crippen LogP contribution in [0.3, 0.4) is 0 Å². The van der Waals surface area contributed by atoms with Crippen molar-refractivity contribution in [2.75, 3.05) is 20.3 Å². The van der Waals surface area contributed by atoms with Gasteiger partial charge in [0, 0.05) is 24.4 Å². The third-order valence-corrected chi connectivity index (χ3v) is 3.85. The Hall–Kier alpha value is -1.85. The summed E-state index contributed by atoms with van der Waals surface area (Å²) in [5.41, 5.74) is 3.12. The average molecular weight is 322 g/mol. The third-order valence-electron chi connectivity index (χ3n) is 3.48. The van der Waals surface area contributed by atoms with Crippen molar-refractivity contribution in [1.29, 1.82) is 0 Å². The number of nitrogens with zero attached hydrogens (tertiary/aromatic N) is 2. The minimum atomic E-state index is -0.127. The van der Waals surface area contributed by atoms with E-state index in [2.05, 4.69) is 10.4 Å². The fraction of sp³-hybridized carbons (Fsp3) is 0.375. The van der Waals surface area contributed by atoms with Crippen molar-refractivity contribution >= 4 is 17.5 Å². The van der Waals surface area contributed by atoms with Crippen molar-refractivity contribution in [3.63, 3.8) is 0 Å². The summed E-state index contributed by atoms with van der Waals surface area (Å²) in [6, 6.07) is 7.63. The molecule has 0 fully saturated rings. The lowest BCUT2D eigenvalue weighted by Crippen LogP contribution is -2.27. The topological polar surface area (TPSA) is 56.1 Å². The highest BCUT2D eigenvalue weighted by Crippen LogP contribution is 2.19. The van der Waals surface area contributed by atoms with Crippen LogP contribution in [0.25, 0.3) is 0 Å². The molecule has 0 unspecified atom stereocenters. The fourth-order valence-corrected chi connectivity index (χ4v) is 2.52. The van der Waals surface area contributed by atoms with Crippen LogP contribution < -0.4 is 5.32 Å². The van der Waals surface area contributed by atoms with Crippen LogP contribution in [0.2, 0.25) is 5.02 Å². The summed E-state index contributed by atoms with van der Waals surface area (Å²) in [6.45, 7) is 5.22. The molecule has 0 radical (unpaired) electrons. The highest BCUT2D eigenvalue weighted by atomic mass is 35.5. The standard InChI is InChI=1S/C16H20ClN3O2/c1-11-15(16(21)18-8-9-22-3)12(2)20(19-11)10-13-6-4-5-7-14(13)17/h4-7H,8-10H2,1-3H3,(H,18,21). The molecule has 1 heterocycles. The Balaban J connectivity index is 2.20. The molecule has 0 aliphatic rings. The molecule has 0 aliphatic heterocycles. The lowest BCUT2D eigenvalue weighted by molar-refractivity contribution is 0.0936. The highest BCUT2D eigenvalue weighted by molar-refractivity contribution is 6.31. The Morgan fingerprint density at radius 3 is 2.77 bits per heavy atom. The number of benzene rings is 1. The van der Waals surface area contributed by atoms with E-state index in [0.717, 1.165) is 11.3 Å². The highest BCUT2D eigenvalue weighted by Gasteiger charge is 2.18. The molecule has 118 valence electrons. The van der Waals surface area contributed by atoms with Crippen molar-refractivity contribution in [3.05, 3.63) is 51.8 Å². The number of aromatic nitrogens is 2. The molecule has 0 spiro atoms. The maximum absolute atomic E-state index is 12.2. The van der Waals surface area contributed by atoms with Crippen LogP contribution in [0.4, 0.5) is 0 Å². The number of methoxy groups -OCH3 is 1. The molecule has 1 aromatic carbocycles. The van der Waals surface area contributed by atoms with Crippen molar-refractivity contribution in [3.8, 4) is 0 Å². The molecule has 0 saturated heterocycles. The molecule has 22 heavy (non-hydrogen) atoms. The molecular formula is C16H20ClN3O2. The van der Waals surface area contributed by atoms with E-state index in [1.54, 1.807) is 7.11 Å². The lowest BCUT2D eigenvalue weighted by atomic mass is 10.1. The summed E-state index contributed by atoms with van der Waals surface area (Å²) in [5.74, 6) is -0.127. The van der Waals surface area contributed by atoms with Crippen LogP contribution in [0.5, 0.6) is 0 Å². The van der Waals surface area contributed by atoms with Gasteiger partial charge in [-0.15, -0.1) is 0 Å². The molecule has 0 bridgehead atoms. The van der Waals surface area contributed by atoms with Crippen LogP contribution in [-0.2, 0) is 11.3 Å². The summed E-state index contributed by atoms with van der Waals surface area (Å²) in [4.78, 5) is 12.2. The van der Waals surface area contributed by atoms with Gasteiger partial charge in [0.1, 0.15) is 0 Å². The first kappa shape index (κ1) is 16.5. The molecule has 0 atom stereocenters. The average Bonchev–Trinajstić information content (AvgIpc) is 2.76. The van der Waals surface area contributed by atoms with E-state index >= 15 is 0 Å². The van der Waals surface area contributed by atoms with Crippen LogP contribution in [0.1, 0.15) is 27.3 Å². The van der Waals surface area contributed by atoms with Crippen LogP contribution in [0.15, 0.2) is 24.3 Å². The SMILES string of the molecule is COCCNC(=O)c1c(C)nn(Cc2ccccc2Cl)c1C. The maximum atomic E-state index is 12.2. The van der Waals surface area contributed by atoms with E-state index in [-0.39, 0.29) is 5.91 Å². The van der Waals surface area contributed by atoms with Crippen LogP contribution >= 0.6 is 11.6 Å². The number of halogens is 1. The Morgan fingerprint density at radius 1 is 1.36 bits per heavy atom. The predicted molar refractivity (Wildman–Crippen MR) is 86.5 cm³/mol. The minimum Gasteiger partial charge on any atom is -0.383 e. The number of aryl methyl sites for hydroxylation is 1. The van der Waals surface area contributed by atoms with E-state index in [4.69, 9.17) is 16.3 Å². The van der Waals surface area contributed by atoms with Gasteiger partial charge in [0.2, 0.25) is 0 Å². The van der Waals surface area contributed by atoms with Crippen molar-refractivity contribution in [2.45, 2.75) is 20.4 Å². The Morgan fingerprint density at radius 2 is 2.09 bits per heavy atom. The number of amides is 1. The summed E-state index contributed by atoms with van der Waals surface area (Å²) in [5, 5.41) is 7.98. The first-order valence-electron chi connectivity index (χ1n) is 7.09. The Kier molecular flexibility index (Phi) is 5.57. The second-order valence-electron chi connectivity index (χ2n) is 5.04. The molecule has 2 aromatic rings. The van der Waals surface area contributed by atoms with Crippen molar-refractivity contribution < 1.29 is 9.53 Å². The molecule has 1 N–H and O–H groups in total. The van der Waals surface area contributed by atoms with E-state index in [0.29, 0.717) is 36.0 Å². The number of rotatable bonds is 6. The molecule has 0 aliphatic carbocycles. The predicted octanol–water partition coefficient (Wildman–Crippen LogP) is 2.58. The van der Waals surface area contributed by atoms with Gasteiger partial charge in [-0.2, -0.15) is 5.10 Å². The summed E-state index contributed by atoms with van der Waals surface area (Å²) >= 11 is 6.19. The minimum absolute atomic E-state index is 0.127.